The van der Waals surface area contributed by atoms with E-state index in [1.165, 1.54) is 12.8 Å². The van der Waals surface area contributed by atoms with E-state index in [9.17, 15) is 8.42 Å². The van der Waals surface area contributed by atoms with Gasteiger partial charge in [0.05, 0.1) is 11.5 Å². The predicted octanol–water partition coefficient (Wildman–Crippen LogP) is 0.692. The summed E-state index contributed by atoms with van der Waals surface area (Å²) >= 11 is 1.55. The molecule has 3 rings (SSSR count). The Labute approximate surface area is 105 Å². The smallest absolute Gasteiger partial charge is 0.151 e. The molecule has 0 amide bonds. The first-order valence-corrected chi connectivity index (χ1v) is 8.52. The maximum Gasteiger partial charge on any atom is 0.151 e. The average Bonchev–Trinajstić information content (AvgIpc) is 2.86. The van der Waals surface area contributed by atoms with Crippen LogP contribution in [0.1, 0.15) is 35.2 Å². The van der Waals surface area contributed by atoms with Crippen molar-refractivity contribution in [2.45, 2.75) is 37.8 Å². The van der Waals surface area contributed by atoms with Crippen molar-refractivity contribution in [2.75, 3.05) is 11.5 Å². The van der Waals surface area contributed by atoms with E-state index in [1.54, 1.807) is 11.3 Å². The summed E-state index contributed by atoms with van der Waals surface area (Å²) in [5, 5.41) is 13.5. The summed E-state index contributed by atoms with van der Waals surface area (Å²) in [6, 6.07) is 0.661. The Morgan fingerprint density at radius 1 is 1.29 bits per heavy atom. The molecule has 94 valence electrons. The van der Waals surface area contributed by atoms with E-state index in [1.807, 2.05) is 0 Å². The van der Waals surface area contributed by atoms with Gasteiger partial charge in [-0.25, -0.2) is 8.42 Å². The molecular formula is C10H15N3O2S2. The van der Waals surface area contributed by atoms with Gasteiger partial charge in [0.2, 0.25) is 0 Å². The molecule has 0 radical (unpaired) electrons. The molecule has 1 atom stereocenters. The van der Waals surface area contributed by atoms with Gasteiger partial charge in [0.25, 0.3) is 0 Å². The Hall–Kier alpha value is -0.530. The second kappa shape index (κ2) is 4.29. The standard InChI is InChI=1S/C10H15N3O2S2/c14-17(15)4-3-7(6-17)10-13-12-9(16-10)5-11-8-1-2-8/h7-8,11H,1-6H2. The summed E-state index contributed by atoms with van der Waals surface area (Å²) in [5.41, 5.74) is 0. The van der Waals surface area contributed by atoms with E-state index in [0.717, 1.165) is 16.6 Å². The number of nitrogens with one attached hydrogen (secondary N) is 1. The van der Waals surface area contributed by atoms with Gasteiger partial charge in [0.15, 0.2) is 9.84 Å². The van der Waals surface area contributed by atoms with E-state index in [2.05, 4.69) is 15.5 Å². The van der Waals surface area contributed by atoms with Gasteiger partial charge in [-0.3, -0.25) is 0 Å². The Balaban J connectivity index is 1.63. The maximum atomic E-state index is 11.4. The SMILES string of the molecule is O=S1(=O)CCC(c2nnc(CNC3CC3)s2)C1. The molecule has 7 heteroatoms. The van der Waals surface area contributed by atoms with Gasteiger partial charge in [-0.1, -0.05) is 11.3 Å². The van der Waals surface area contributed by atoms with E-state index >= 15 is 0 Å². The molecule has 1 unspecified atom stereocenters. The molecule has 1 aliphatic heterocycles. The molecule has 1 N–H and O–H groups in total. The average molecular weight is 273 g/mol. The van der Waals surface area contributed by atoms with Gasteiger partial charge in [0.1, 0.15) is 10.0 Å². The summed E-state index contributed by atoms with van der Waals surface area (Å²) in [5.74, 6) is 0.622. The number of hydrogen-bond donors (Lipinski definition) is 1. The molecule has 5 nitrogen and oxygen atoms in total. The number of aromatic nitrogens is 2. The van der Waals surface area contributed by atoms with Crippen LogP contribution in [0.5, 0.6) is 0 Å². The molecule has 17 heavy (non-hydrogen) atoms. The van der Waals surface area contributed by atoms with Crippen molar-refractivity contribution in [2.24, 2.45) is 0 Å². The lowest BCUT2D eigenvalue weighted by atomic mass is 10.1. The van der Waals surface area contributed by atoms with Crippen molar-refractivity contribution < 1.29 is 8.42 Å². The van der Waals surface area contributed by atoms with Gasteiger partial charge in [-0.2, -0.15) is 0 Å². The van der Waals surface area contributed by atoms with Crippen molar-refractivity contribution in [1.82, 2.24) is 15.5 Å². The molecule has 1 aliphatic carbocycles. The number of nitrogens with zero attached hydrogens (tertiary/aromatic N) is 2. The molecule has 1 aromatic heterocycles. The summed E-state index contributed by atoms with van der Waals surface area (Å²) in [7, 11) is -2.83. The largest absolute Gasteiger partial charge is 0.308 e. The number of sulfone groups is 1. The van der Waals surface area contributed by atoms with Crippen LogP contribution < -0.4 is 5.32 Å². The van der Waals surface area contributed by atoms with E-state index < -0.39 is 9.84 Å². The topological polar surface area (TPSA) is 72.0 Å². The van der Waals surface area contributed by atoms with Crippen molar-refractivity contribution >= 4 is 21.2 Å². The van der Waals surface area contributed by atoms with E-state index in [0.29, 0.717) is 18.2 Å². The van der Waals surface area contributed by atoms with Gasteiger partial charge >= 0.3 is 0 Å². The highest BCUT2D eigenvalue weighted by Gasteiger charge is 2.31. The lowest BCUT2D eigenvalue weighted by Gasteiger charge is -1.99. The summed E-state index contributed by atoms with van der Waals surface area (Å²) in [4.78, 5) is 0. The number of rotatable bonds is 4. The van der Waals surface area contributed by atoms with Crippen LogP contribution in [0.4, 0.5) is 0 Å². The molecule has 2 fully saturated rings. The molecule has 1 aromatic rings. The normalized spacial score (nSPS) is 27.4. The zero-order chi connectivity index (χ0) is 11.9. The Morgan fingerprint density at radius 3 is 2.76 bits per heavy atom. The second-order valence-corrected chi connectivity index (χ2v) is 8.11. The highest BCUT2D eigenvalue weighted by Crippen LogP contribution is 2.30. The monoisotopic (exact) mass is 273 g/mol. The Kier molecular flexibility index (Phi) is 2.92. The first kappa shape index (κ1) is 11.6. The predicted molar refractivity (Wildman–Crippen MR) is 65.8 cm³/mol. The molecule has 1 saturated carbocycles. The minimum absolute atomic E-state index is 0.0761. The summed E-state index contributed by atoms with van der Waals surface area (Å²) < 4.78 is 22.8. The highest BCUT2D eigenvalue weighted by molar-refractivity contribution is 7.91. The fraction of sp³-hybridized carbons (Fsp3) is 0.800. The fourth-order valence-electron chi connectivity index (χ4n) is 2.01. The van der Waals surface area contributed by atoms with Crippen LogP contribution in [0.15, 0.2) is 0 Å². The van der Waals surface area contributed by atoms with Crippen LogP contribution in [0.2, 0.25) is 0 Å². The van der Waals surface area contributed by atoms with Crippen LogP contribution in [-0.2, 0) is 16.4 Å². The molecule has 2 aliphatic rings. The highest BCUT2D eigenvalue weighted by atomic mass is 32.2. The third-order valence-electron chi connectivity index (χ3n) is 3.18. The van der Waals surface area contributed by atoms with Crippen LogP contribution >= 0.6 is 11.3 Å². The first-order chi connectivity index (χ1) is 8.12. The van der Waals surface area contributed by atoms with Crippen LogP contribution in [0.25, 0.3) is 0 Å². The van der Waals surface area contributed by atoms with E-state index in [4.69, 9.17) is 0 Å². The first-order valence-electron chi connectivity index (χ1n) is 5.88. The lowest BCUT2D eigenvalue weighted by Crippen LogP contribution is -2.14. The van der Waals surface area contributed by atoms with Crippen molar-refractivity contribution in [3.8, 4) is 0 Å². The summed E-state index contributed by atoms with van der Waals surface area (Å²) in [6.45, 7) is 0.766. The van der Waals surface area contributed by atoms with Crippen LogP contribution in [0, 0.1) is 0 Å². The molecule has 0 bridgehead atoms. The van der Waals surface area contributed by atoms with Crippen molar-refractivity contribution in [3.63, 3.8) is 0 Å². The Morgan fingerprint density at radius 2 is 2.12 bits per heavy atom. The lowest BCUT2D eigenvalue weighted by molar-refractivity contribution is 0.601. The van der Waals surface area contributed by atoms with Crippen LogP contribution in [0.3, 0.4) is 0 Å². The van der Waals surface area contributed by atoms with Gasteiger partial charge < -0.3 is 5.32 Å². The van der Waals surface area contributed by atoms with Crippen molar-refractivity contribution in [1.29, 1.82) is 0 Å². The van der Waals surface area contributed by atoms with Gasteiger partial charge in [-0.05, 0) is 19.3 Å². The third kappa shape index (κ3) is 2.83. The van der Waals surface area contributed by atoms with Gasteiger partial charge in [0, 0.05) is 18.5 Å². The molecule has 1 saturated heterocycles. The minimum atomic E-state index is -2.83. The van der Waals surface area contributed by atoms with Crippen molar-refractivity contribution in [3.05, 3.63) is 10.0 Å². The summed E-state index contributed by atoms with van der Waals surface area (Å²) in [6.07, 6.45) is 3.21. The zero-order valence-corrected chi connectivity index (χ0v) is 11.1. The van der Waals surface area contributed by atoms with Crippen LogP contribution in [-0.4, -0.2) is 36.2 Å². The van der Waals surface area contributed by atoms with Gasteiger partial charge in [-0.15, -0.1) is 10.2 Å². The second-order valence-electron chi connectivity index (χ2n) is 4.79. The fourth-order valence-corrected chi connectivity index (χ4v) is 4.79. The Bertz CT molecular complexity index is 507. The maximum absolute atomic E-state index is 11.4. The molecule has 0 aromatic carbocycles. The zero-order valence-electron chi connectivity index (χ0n) is 9.42. The van der Waals surface area contributed by atoms with E-state index in [-0.39, 0.29) is 11.7 Å². The third-order valence-corrected chi connectivity index (χ3v) is 6.04. The molecule has 2 heterocycles. The minimum Gasteiger partial charge on any atom is -0.308 e. The molecule has 0 spiro atoms. The quantitative estimate of drug-likeness (QED) is 0.874. The number of hydrogen-bond acceptors (Lipinski definition) is 6. The molecular weight excluding hydrogens is 258 g/mol.